The molecule has 0 unspecified atom stereocenters. The topological polar surface area (TPSA) is 96.0 Å². The fourth-order valence-corrected chi connectivity index (χ4v) is 4.73. The van der Waals surface area contributed by atoms with Gasteiger partial charge >= 0.3 is 0 Å². The molecule has 2 amide bonds. The molecular weight excluding hydrogens is 502 g/mol. The van der Waals surface area contributed by atoms with E-state index in [0.29, 0.717) is 17.2 Å². The van der Waals surface area contributed by atoms with E-state index in [9.17, 15) is 18.0 Å². The van der Waals surface area contributed by atoms with Gasteiger partial charge in [0.05, 0.1) is 11.9 Å². The number of aryl methyl sites for hydroxylation is 1. The zero-order valence-electron chi connectivity index (χ0n) is 22.4. The second kappa shape index (κ2) is 12.6. The van der Waals surface area contributed by atoms with Crippen LogP contribution in [0.15, 0.2) is 78.9 Å². The third-order valence-electron chi connectivity index (χ3n) is 5.98. The maximum Gasteiger partial charge on any atom is 0.244 e. The second-order valence-corrected chi connectivity index (χ2v) is 11.4. The third kappa shape index (κ3) is 7.82. The Balaban J connectivity index is 1.87. The third-order valence-corrected chi connectivity index (χ3v) is 7.12. The van der Waals surface area contributed by atoms with E-state index in [1.807, 2.05) is 75.4 Å². The van der Waals surface area contributed by atoms with Crippen LogP contribution in [0.1, 0.15) is 31.9 Å². The largest absolute Gasteiger partial charge is 0.457 e. The Bertz CT molecular complexity index is 1340. The summed E-state index contributed by atoms with van der Waals surface area (Å²) < 4.78 is 32.4. The molecule has 0 fully saturated rings. The molecule has 0 aromatic heterocycles. The number of carbonyl (C=O) groups excluding carboxylic acids is 2. The summed E-state index contributed by atoms with van der Waals surface area (Å²) in [5, 5.41) is 2.84. The van der Waals surface area contributed by atoms with Crippen LogP contribution in [0.3, 0.4) is 0 Å². The number of anilines is 1. The number of hydrogen-bond donors (Lipinski definition) is 1. The molecule has 3 aromatic carbocycles. The number of sulfonamides is 1. The minimum absolute atomic E-state index is 0.107. The van der Waals surface area contributed by atoms with Crippen LogP contribution in [0.4, 0.5) is 5.69 Å². The molecule has 1 atom stereocenters. The molecular formula is C29H35N3O5S. The van der Waals surface area contributed by atoms with Crippen LogP contribution in [0.25, 0.3) is 0 Å². The molecule has 0 saturated carbocycles. The first-order valence-corrected chi connectivity index (χ1v) is 14.3. The Morgan fingerprint density at radius 3 is 2.03 bits per heavy atom. The minimum Gasteiger partial charge on any atom is -0.457 e. The normalized spacial score (nSPS) is 12.1. The maximum absolute atomic E-state index is 13.6. The number of benzene rings is 3. The van der Waals surface area contributed by atoms with Crippen molar-refractivity contribution in [3.05, 3.63) is 90.0 Å². The van der Waals surface area contributed by atoms with Gasteiger partial charge in [-0.2, -0.15) is 0 Å². The summed E-state index contributed by atoms with van der Waals surface area (Å²) in [6, 6.07) is 22.4. The van der Waals surface area contributed by atoms with Crippen LogP contribution in [-0.4, -0.2) is 50.0 Å². The molecule has 0 radical (unpaired) electrons. The number of rotatable bonds is 11. The van der Waals surface area contributed by atoms with Gasteiger partial charge in [-0.3, -0.25) is 13.9 Å². The summed E-state index contributed by atoms with van der Waals surface area (Å²) in [5.41, 5.74) is 2.16. The monoisotopic (exact) mass is 537 g/mol. The van der Waals surface area contributed by atoms with Crippen molar-refractivity contribution >= 4 is 27.5 Å². The summed E-state index contributed by atoms with van der Waals surface area (Å²) in [4.78, 5) is 27.9. The molecule has 8 nitrogen and oxygen atoms in total. The van der Waals surface area contributed by atoms with Gasteiger partial charge in [0.15, 0.2) is 0 Å². The van der Waals surface area contributed by atoms with Crippen molar-refractivity contribution in [2.45, 2.75) is 46.3 Å². The zero-order valence-corrected chi connectivity index (χ0v) is 23.2. The molecule has 202 valence electrons. The fourth-order valence-electron chi connectivity index (χ4n) is 3.88. The minimum atomic E-state index is -3.82. The smallest absolute Gasteiger partial charge is 0.244 e. The highest BCUT2D eigenvalue weighted by Crippen LogP contribution is 2.26. The van der Waals surface area contributed by atoms with Gasteiger partial charge in [0, 0.05) is 12.6 Å². The highest BCUT2D eigenvalue weighted by atomic mass is 32.2. The average Bonchev–Trinajstić information content (AvgIpc) is 2.86. The Kier molecular flexibility index (Phi) is 9.52. The number of hydrogen-bond acceptors (Lipinski definition) is 5. The van der Waals surface area contributed by atoms with E-state index in [2.05, 4.69) is 5.32 Å². The molecule has 0 aliphatic rings. The van der Waals surface area contributed by atoms with Gasteiger partial charge in [0.2, 0.25) is 21.8 Å². The van der Waals surface area contributed by atoms with Gasteiger partial charge in [-0.15, -0.1) is 0 Å². The molecule has 0 heterocycles. The van der Waals surface area contributed by atoms with Gasteiger partial charge in [-0.25, -0.2) is 8.42 Å². The van der Waals surface area contributed by atoms with Gasteiger partial charge in [-0.1, -0.05) is 42.5 Å². The van der Waals surface area contributed by atoms with Crippen molar-refractivity contribution < 1.29 is 22.7 Å². The van der Waals surface area contributed by atoms with Crippen molar-refractivity contribution in [3.8, 4) is 11.5 Å². The van der Waals surface area contributed by atoms with E-state index in [-0.39, 0.29) is 18.5 Å². The van der Waals surface area contributed by atoms with Crippen LogP contribution in [0, 0.1) is 6.92 Å². The molecule has 0 bridgehead atoms. The number of para-hydroxylation sites is 1. The van der Waals surface area contributed by atoms with Crippen molar-refractivity contribution in [3.63, 3.8) is 0 Å². The number of nitrogens with one attached hydrogen (secondary N) is 1. The molecule has 0 spiro atoms. The molecule has 38 heavy (non-hydrogen) atoms. The molecule has 3 rings (SSSR count). The summed E-state index contributed by atoms with van der Waals surface area (Å²) in [6.07, 6.45) is 1.05. The standard InChI is InChI=1S/C29H35N3O5S/c1-21(2)30-29(34)23(4)31(19-24-12-10-9-11-22(24)3)28(33)20-32(38(5,35)36)25-15-17-27(18-16-25)37-26-13-7-6-8-14-26/h6-18,21,23H,19-20H2,1-5H3,(H,30,34)/t23-/m1/s1. The van der Waals surface area contributed by atoms with Crippen LogP contribution in [0.5, 0.6) is 11.5 Å². The van der Waals surface area contributed by atoms with E-state index in [4.69, 9.17) is 4.74 Å². The van der Waals surface area contributed by atoms with Crippen LogP contribution in [-0.2, 0) is 26.2 Å². The highest BCUT2D eigenvalue weighted by Gasteiger charge is 2.30. The molecule has 9 heteroatoms. The van der Waals surface area contributed by atoms with Crippen LogP contribution < -0.4 is 14.4 Å². The van der Waals surface area contributed by atoms with Gasteiger partial charge in [-0.05, 0) is 75.2 Å². The Morgan fingerprint density at radius 2 is 1.45 bits per heavy atom. The van der Waals surface area contributed by atoms with E-state index in [1.54, 1.807) is 31.2 Å². The highest BCUT2D eigenvalue weighted by molar-refractivity contribution is 7.92. The van der Waals surface area contributed by atoms with Gasteiger partial charge in [0.25, 0.3) is 0 Å². The number of carbonyl (C=O) groups is 2. The summed E-state index contributed by atoms with van der Waals surface area (Å²) in [7, 11) is -3.82. The molecule has 0 saturated heterocycles. The molecule has 0 aliphatic carbocycles. The van der Waals surface area contributed by atoms with E-state index < -0.39 is 28.5 Å². The van der Waals surface area contributed by atoms with E-state index >= 15 is 0 Å². The lowest BCUT2D eigenvalue weighted by molar-refractivity contribution is -0.139. The first-order valence-electron chi connectivity index (χ1n) is 12.4. The van der Waals surface area contributed by atoms with Gasteiger partial charge < -0.3 is 15.0 Å². The number of nitrogens with zero attached hydrogens (tertiary/aromatic N) is 2. The number of amides is 2. The zero-order chi connectivity index (χ0) is 27.9. The average molecular weight is 538 g/mol. The summed E-state index contributed by atoms with van der Waals surface area (Å²) in [5.74, 6) is 0.376. The Hall–Kier alpha value is -3.85. The lowest BCUT2D eigenvalue weighted by Gasteiger charge is -2.32. The van der Waals surface area contributed by atoms with E-state index in [0.717, 1.165) is 21.7 Å². The van der Waals surface area contributed by atoms with E-state index in [1.165, 1.54) is 4.90 Å². The van der Waals surface area contributed by atoms with Gasteiger partial charge in [0.1, 0.15) is 24.1 Å². The van der Waals surface area contributed by atoms with Crippen molar-refractivity contribution in [2.75, 3.05) is 17.1 Å². The quantitative estimate of drug-likeness (QED) is 0.389. The summed E-state index contributed by atoms with van der Waals surface area (Å²) in [6.45, 7) is 6.97. The lowest BCUT2D eigenvalue weighted by atomic mass is 10.1. The molecule has 1 N–H and O–H groups in total. The van der Waals surface area contributed by atoms with Crippen molar-refractivity contribution in [1.82, 2.24) is 10.2 Å². The first-order chi connectivity index (χ1) is 18.0. The molecule has 3 aromatic rings. The predicted molar refractivity (Wildman–Crippen MR) is 150 cm³/mol. The van der Waals surface area contributed by atoms with Crippen molar-refractivity contribution in [1.29, 1.82) is 0 Å². The van der Waals surface area contributed by atoms with Crippen LogP contribution in [0.2, 0.25) is 0 Å². The Morgan fingerprint density at radius 1 is 0.868 bits per heavy atom. The SMILES string of the molecule is Cc1ccccc1CN(C(=O)CN(c1ccc(Oc2ccccc2)cc1)S(C)(=O)=O)[C@H](C)C(=O)NC(C)C. The fraction of sp³-hybridized carbons (Fsp3) is 0.310. The summed E-state index contributed by atoms with van der Waals surface area (Å²) >= 11 is 0. The molecule has 0 aliphatic heterocycles. The predicted octanol–water partition coefficient (Wildman–Crippen LogP) is 4.50. The lowest BCUT2D eigenvalue weighted by Crippen LogP contribution is -2.52. The maximum atomic E-state index is 13.6. The second-order valence-electron chi connectivity index (χ2n) is 9.47. The Labute approximate surface area is 225 Å². The van der Waals surface area contributed by atoms with Crippen molar-refractivity contribution in [2.24, 2.45) is 0 Å². The van der Waals surface area contributed by atoms with Crippen LogP contribution >= 0.6 is 0 Å². The number of ether oxygens (including phenoxy) is 1. The first kappa shape index (κ1) is 28.7.